The standard InChI is InChI=1S/C8H13N/c1-9(2)7-8-5-3-4-6-8/h3-6,8H,7H2,1-2H3. The van der Waals surface area contributed by atoms with Crippen molar-refractivity contribution in [2.24, 2.45) is 5.92 Å². The molecule has 9 heavy (non-hydrogen) atoms. The summed E-state index contributed by atoms with van der Waals surface area (Å²) in [6.07, 6.45) is 8.66. The summed E-state index contributed by atoms with van der Waals surface area (Å²) in [4.78, 5) is 2.20. The van der Waals surface area contributed by atoms with Crippen molar-refractivity contribution in [2.45, 2.75) is 0 Å². The van der Waals surface area contributed by atoms with Crippen LogP contribution in [0.1, 0.15) is 0 Å². The predicted molar refractivity (Wildman–Crippen MR) is 40.3 cm³/mol. The van der Waals surface area contributed by atoms with Crippen LogP contribution in [0, 0.1) is 5.92 Å². The van der Waals surface area contributed by atoms with E-state index in [1.165, 1.54) is 0 Å². The predicted octanol–water partition coefficient (Wildman–Crippen LogP) is 1.29. The molecule has 0 aromatic carbocycles. The molecule has 0 spiro atoms. The highest BCUT2D eigenvalue weighted by Gasteiger charge is 2.02. The zero-order valence-corrected chi connectivity index (χ0v) is 6.04. The Bertz CT molecular complexity index is 122. The van der Waals surface area contributed by atoms with E-state index in [-0.39, 0.29) is 0 Å². The van der Waals surface area contributed by atoms with Gasteiger partial charge in [0.15, 0.2) is 0 Å². The Morgan fingerprint density at radius 3 is 2.22 bits per heavy atom. The van der Waals surface area contributed by atoms with Crippen molar-refractivity contribution in [3.8, 4) is 0 Å². The lowest BCUT2D eigenvalue weighted by atomic mass is 10.2. The summed E-state index contributed by atoms with van der Waals surface area (Å²) in [5, 5.41) is 0. The van der Waals surface area contributed by atoms with E-state index >= 15 is 0 Å². The molecule has 0 radical (unpaired) electrons. The summed E-state index contributed by atoms with van der Waals surface area (Å²) in [7, 11) is 4.19. The van der Waals surface area contributed by atoms with E-state index in [4.69, 9.17) is 0 Å². The Kier molecular flexibility index (Phi) is 2.06. The van der Waals surface area contributed by atoms with Gasteiger partial charge in [-0.05, 0) is 14.1 Å². The second kappa shape index (κ2) is 2.83. The van der Waals surface area contributed by atoms with Crippen molar-refractivity contribution in [1.29, 1.82) is 0 Å². The smallest absolute Gasteiger partial charge is 0.00802 e. The fourth-order valence-corrected chi connectivity index (χ4v) is 1.02. The molecule has 1 aliphatic rings. The van der Waals surface area contributed by atoms with Crippen molar-refractivity contribution >= 4 is 0 Å². The van der Waals surface area contributed by atoms with Crippen LogP contribution < -0.4 is 0 Å². The average molecular weight is 123 g/mol. The molecule has 0 saturated carbocycles. The molecule has 0 aromatic rings. The Morgan fingerprint density at radius 1 is 1.22 bits per heavy atom. The van der Waals surface area contributed by atoms with E-state index < -0.39 is 0 Å². The van der Waals surface area contributed by atoms with Crippen LogP contribution in [-0.4, -0.2) is 25.5 Å². The zero-order valence-electron chi connectivity index (χ0n) is 6.04. The van der Waals surface area contributed by atoms with Crippen molar-refractivity contribution in [3.05, 3.63) is 24.3 Å². The number of allylic oxidation sites excluding steroid dienone is 2. The van der Waals surface area contributed by atoms with Gasteiger partial charge in [-0.3, -0.25) is 0 Å². The van der Waals surface area contributed by atoms with Gasteiger partial charge in [-0.25, -0.2) is 0 Å². The first-order valence-corrected chi connectivity index (χ1v) is 3.29. The largest absolute Gasteiger partial charge is 0.309 e. The number of nitrogens with zero attached hydrogens (tertiary/aromatic N) is 1. The Balaban J connectivity index is 2.29. The van der Waals surface area contributed by atoms with E-state index in [2.05, 4.69) is 43.3 Å². The summed E-state index contributed by atoms with van der Waals surface area (Å²) >= 11 is 0. The molecule has 1 nitrogen and oxygen atoms in total. The molecule has 0 amide bonds. The summed E-state index contributed by atoms with van der Waals surface area (Å²) in [6, 6.07) is 0. The van der Waals surface area contributed by atoms with Gasteiger partial charge >= 0.3 is 0 Å². The summed E-state index contributed by atoms with van der Waals surface area (Å²) < 4.78 is 0. The first-order valence-electron chi connectivity index (χ1n) is 3.29. The van der Waals surface area contributed by atoms with Crippen LogP contribution in [0.2, 0.25) is 0 Å². The Morgan fingerprint density at radius 2 is 1.78 bits per heavy atom. The molecule has 0 bridgehead atoms. The highest BCUT2D eigenvalue weighted by Crippen LogP contribution is 2.08. The molecule has 0 unspecified atom stereocenters. The fourth-order valence-electron chi connectivity index (χ4n) is 1.02. The van der Waals surface area contributed by atoms with E-state index in [1.807, 2.05) is 0 Å². The van der Waals surface area contributed by atoms with Crippen molar-refractivity contribution in [3.63, 3.8) is 0 Å². The summed E-state index contributed by atoms with van der Waals surface area (Å²) in [5.41, 5.74) is 0. The van der Waals surface area contributed by atoms with Crippen LogP contribution in [0.25, 0.3) is 0 Å². The first-order chi connectivity index (χ1) is 4.29. The molecule has 1 heteroatoms. The molecule has 0 aromatic heterocycles. The molecule has 0 N–H and O–H groups in total. The van der Waals surface area contributed by atoms with Gasteiger partial charge in [-0.1, -0.05) is 24.3 Å². The van der Waals surface area contributed by atoms with Crippen LogP contribution in [0.5, 0.6) is 0 Å². The lowest BCUT2D eigenvalue weighted by molar-refractivity contribution is 0.387. The molecular formula is C8H13N. The SMILES string of the molecule is CN(C)CC1C=CC=C1. The number of rotatable bonds is 2. The minimum absolute atomic E-state index is 0.653. The van der Waals surface area contributed by atoms with Crippen LogP contribution in [0.3, 0.4) is 0 Å². The summed E-state index contributed by atoms with van der Waals surface area (Å²) in [6.45, 7) is 1.13. The molecule has 1 aliphatic carbocycles. The maximum atomic E-state index is 2.22. The minimum Gasteiger partial charge on any atom is -0.309 e. The molecule has 50 valence electrons. The van der Waals surface area contributed by atoms with E-state index in [0.717, 1.165) is 6.54 Å². The first kappa shape index (κ1) is 6.56. The summed E-state index contributed by atoms with van der Waals surface area (Å²) in [5.74, 6) is 0.653. The van der Waals surface area contributed by atoms with E-state index in [1.54, 1.807) is 0 Å². The van der Waals surface area contributed by atoms with Crippen molar-refractivity contribution in [2.75, 3.05) is 20.6 Å². The van der Waals surface area contributed by atoms with Gasteiger partial charge in [0.1, 0.15) is 0 Å². The lowest BCUT2D eigenvalue weighted by Gasteiger charge is -2.11. The van der Waals surface area contributed by atoms with Crippen molar-refractivity contribution in [1.82, 2.24) is 4.90 Å². The molecule has 0 fully saturated rings. The van der Waals surface area contributed by atoms with Crippen LogP contribution in [0.15, 0.2) is 24.3 Å². The third-order valence-electron chi connectivity index (χ3n) is 1.40. The Hall–Kier alpha value is -0.560. The van der Waals surface area contributed by atoms with Gasteiger partial charge in [-0.2, -0.15) is 0 Å². The topological polar surface area (TPSA) is 3.24 Å². The molecular weight excluding hydrogens is 110 g/mol. The molecule has 0 aliphatic heterocycles. The molecule has 0 saturated heterocycles. The number of hydrogen-bond donors (Lipinski definition) is 0. The van der Waals surface area contributed by atoms with E-state index in [0.29, 0.717) is 5.92 Å². The third kappa shape index (κ3) is 2.02. The lowest BCUT2D eigenvalue weighted by Crippen LogP contribution is -2.18. The van der Waals surface area contributed by atoms with Crippen LogP contribution in [-0.2, 0) is 0 Å². The highest BCUT2D eigenvalue weighted by molar-refractivity contribution is 5.17. The molecule has 1 rings (SSSR count). The molecule has 0 heterocycles. The maximum Gasteiger partial charge on any atom is 0.00802 e. The maximum absolute atomic E-state index is 2.22. The minimum atomic E-state index is 0.653. The van der Waals surface area contributed by atoms with Gasteiger partial charge in [0.25, 0.3) is 0 Å². The van der Waals surface area contributed by atoms with Gasteiger partial charge in [0, 0.05) is 12.5 Å². The van der Waals surface area contributed by atoms with Gasteiger partial charge in [0.05, 0.1) is 0 Å². The number of hydrogen-bond acceptors (Lipinski definition) is 1. The monoisotopic (exact) mass is 123 g/mol. The fraction of sp³-hybridized carbons (Fsp3) is 0.500. The zero-order chi connectivity index (χ0) is 6.69. The van der Waals surface area contributed by atoms with E-state index in [9.17, 15) is 0 Å². The van der Waals surface area contributed by atoms with Gasteiger partial charge < -0.3 is 4.90 Å². The Labute approximate surface area is 56.7 Å². The molecule has 0 atom stereocenters. The highest BCUT2D eigenvalue weighted by atomic mass is 15.1. The van der Waals surface area contributed by atoms with Gasteiger partial charge in [-0.15, -0.1) is 0 Å². The normalized spacial score (nSPS) is 18.1. The van der Waals surface area contributed by atoms with Gasteiger partial charge in [0.2, 0.25) is 0 Å². The average Bonchev–Trinajstić information content (AvgIpc) is 2.15. The second-order valence-electron chi connectivity index (χ2n) is 2.70. The van der Waals surface area contributed by atoms with Crippen molar-refractivity contribution < 1.29 is 0 Å². The van der Waals surface area contributed by atoms with Crippen LogP contribution in [0.4, 0.5) is 0 Å². The third-order valence-corrected chi connectivity index (χ3v) is 1.40. The van der Waals surface area contributed by atoms with Crippen LogP contribution >= 0.6 is 0 Å². The second-order valence-corrected chi connectivity index (χ2v) is 2.70. The quantitative estimate of drug-likeness (QED) is 0.535.